The van der Waals surface area contributed by atoms with Crippen LogP contribution in [0.5, 0.6) is 0 Å². The van der Waals surface area contributed by atoms with E-state index in [4.69, 9.17) is 15.7 Å². The first-order valence-electron chi connectivity index (χ1n) is 6.95. The molecule has 0 heterocycles. The number of nitrogens with zero attached hydrogens (tertiary/aromatic N) is 2. The summed E-state index contributed by atoms with van der Waals surface area (Å²) >= 11 is 0. The fourth-order valence-electron chi connectivity index (χ4n) is 2.18. The lowest BCUT2D eigenvalue weighted by Crippen LogP contribution is -2.30. The van der Waals surface area contributed by atoms with Crippen LogP contribution < -0.4 is 5.73 Å². The number of ether oxygens (including phenoxy) is 1. The normalized spacial score (nSPS) is 12.4. The van der Waals surface area contributed by atoms with Crippen LogP contribution in [0, 0.1) is 11.7 Å². The van der Waals surface area contributed by atoms with Gasteiger partial charge in [0.15, 0.2) is 5.84 Å². The minimum atomic E-state index is -0.398. The summed E-state index contributed by atoms with van der Waals surface area (Å²) in [5.74, 6) is 0.00680. The van der Waals surface area contributed by atoms with Crippen molar-refractivity contribution in [3.8, 4) is 0 Å². The summed E-state index contributed by atoms with van der Waals surface area (Å²) in [6.07, 6.45) is 0. The van der Waals surface area contributed by atoms with Crippen LogP contribution in [0.2, 0.25) is 0 Å². The Bertz CT molecular complexity index is 478. The molecule has 0 saturated carbocycles. The van der Waals surface area contributed by atoms with Gasteiger partial charge in [0.1, 0.15) is 5.82 Å². The lowest BCUT2D eigenvalue weighted by Gasteiger charge is -2.24. The van der Waals surface area contributed by atoms with Crippen LogP contribution in [0.25, 0.3) is 0 Å². The molecule has 0 aromatic heterocycles. The number of halogens is 1. The van der Waals surface area contributed by atoms with Crippen LogP contribution in [-0.4, -0.2) is 42.7 Å². The molecule has 0 unspecified atom stereocenters. The number of rotatable bonds is 8. The van der Waals surface area contributed by atoms with E-state index in [2.05, 4.69) is 23.9 Å². The smallest absolute Gasteiger partial charge is 0.170 e. The summed E-state index contributed by atoms with van der Waals surface area (Å²) < 4.78 is 18.8. The second-order valence-electron chi connectivity index (χ2n) is 5.46. The highest BCUT2D eigenvalue weighted by Crippen LogP contribution is 2.13. The van der Waals surface area contributed by atoms with E-state index in [1.165, 1.54) is 12.1 Å². The summed E-state index contributed by atoms with van der Waals surface area (Å²) in [6.45, 7) is 7.13. The molecule has 3 N–H and O–H groups in total. The van der Waals surface area contributed by atoms with Crippen LogP contribution in [0.3, 0.4) is 0 Å². The van der Waals surface area contributed by atoms with E-state index in [-0.39, 0.29) is 5.84 Å². The van der Waals surface area contributed by atoms with E-state index >= 15 is 0 Å². The monoisotopic (exact) mass is 297 g/mol. The van der Waals surface area contributed by atoms with E-state index in [0.717, 1.165) is 18.7 Å². The molecule has 1 aromatic rings. The maximum atomic E-state index is 13.7. The van der Waals surface area contributed by atoms with Crippen molar-refractivity contribution in [2.45, 2.75) is 20.4 Å². The molecule has 0 atom stereocenters. The molecule has 0 fully saturated rings. The SMILES string of the molecule is COCCN(Cc1cc(F)cc(/C(N)=N/O)c1)CC(C)C. The zero-order chi connectivity index (χ0) is 15.8. The van der Waals surface area contributed by atoms with E-state index in [1.807, 2.05) is 0 Å². The molecule has 0 radical (unpaired) electrons. The van der Waals surface area contributed by atoms with Crippen LogP contribution in [0.1, 0.15) is 25.0 Å². The highest BCUT2D eigenvalue weighted by molar-refractivity contribution is 5.97. The van der Waals surface area contributed by atoms with Crippen molar-refractivity contribution in [3.05, 3.63) is 35.1 Å². The van der Waals surface area contributed by atoms with Crippen LogP contribution >= 0.6 is 0 Å². The van der Waals surface area contributed by atoms with Gasteiger partial charge in [-0.05, 0) is 29.7 Å². The third-order valence-corrected chi connectivity index (χ3v) is 3.00. The van der Waals surface area contributed by atoms with Crippen molar-refractivity contribution in [1.29, 1.82) is 0 Å². The number of nitrogens with two attached hydrogens (primary N) is 1. The predicted octanol–water partition coefficient (Wildman–Crippen LogP) is 2.02. The summed E-state index contributed by atoms with van der Waals surface area (Å²) in [6, 6.07) is 4.45. The van der Waals surface area contributed by atoms with Gasteiger partial charge in [-0.25, -0.2) is 4.39 Å². The molecule has 0 amide bonds. The van der Waals surface area contributed by atoms with Gasteiger partial charge < -0.3 is 15.7 Å². The largest absolute Gasteiger partial charge is 0.409 e. The second-order valence-corrected chi connectivity index (χ2v) is 5.46. The molecule has 118 valence electrons. The third kappa shape index (κ3) is 6.10. The topological polar surface area (TPSA) is 71.1 Å². The fourth-order valence-corrected chi connectivity index (χ4v) is 2.18. The van der Waals surface area contributed by atoms with Gasteiger partial charge >= 0.3 is 0 Å². The summed E-state index contributed by atoms with van der Waals surface area (Å²) in [7, 11) is 1.66. The number of methoxy groups -OCH3 is 1. The van der Waals surface area contributed by atoms with E-state index in [0.29, 0.717) is 24.6 Å². The number of oxime groups is 1. The highest BCUT2D eigenvalue weighted by Gasteiger charge is 2.11. The van der Waals surface area contributed by atoms with Gasteiger partial charge in [-0.2, -0.15) is 0 Å². The average molecular weight is 297 g/mol. The Morgan fingerprint density at radius 2 is 2.14 bits per heavy atom. The van der Waals surface area contributed by atoms with Gasteiger partial charge in [0, 0.05) is 32.3 Å². The third-order valence-electron chi connectivity index (χ3n) is 3.00. The Morgan fingerprint density at radius 1 is 1.43 bits per heavy atom. The van der Waals surface area contributed by atoms with Gasteiger partial charge in [0.05, 0.1) is 6.61 Å². The summed E-state index contributed by atoms with van der Waals surface area (Å²) in [5, 5.41) is 11.6. The van der Waals surface area contributed by atoms with Crippen LogP contribution in [0.15, 0.2) is 23.4 Å². The first-order chi connectivity index (χ1) is 9.96. The first-order valence-corrected chi connectivity index (χ1v) is 6.95. The second kappa shape index (κ2) is 8.59. The molecule has 1 aromatic carbocycles. The minimum Gasteiger partial charge on any atom is -0.409 e. The molecular formula is C15H24FN3O2. The molecule has 1 rings (SSSR count). The van der Waals surface area contributed by atoms with Gasteiger partial charge in [0.25, 0.3) is 0 Å². The number of benzene rings is 1. The molecule has 0 aliphatic rings. The van der Waals surface area contributed by atoms with E-state index in [1.54, 1.807) is 13.2 Å². The maximum absolute atomic E-state index is 13.7. The molecule has 0 saturated heterocycles. The van der Waals surface area contributed by atoms with Gasteiger partial charge in [-0.3, -0.25) is 4.90 Å². The van der Waals surface area contributed by atoms with Crippen molar-refractivity contribution in [1.82, 2.24) is 4.90 Å². The van der Waals surface area contributed by atoms with E-state index in [9.17, 15) is 4.39 Å². The van der Waals surface area contributed by atoms with Gasteiger partial charge in [0.2, 0.25) is 0 Å². The van der Waals surface area contributed by atoms with Crippen molar-refractivity contribution < 1.29 is 14.3 Å². The van der Waals surface area contributed by atoms with Crippen molar-refractivity contribution in [2.24, 2.45) is 16.8 Å². The van der Waals surface area contributed by atoms with Crippen LogP contribution in [-0.2, 0) is 11.3 Å². The maximum Gasteiger partial charge on any atom is 0.170 e. The highest BCUT2D eigenvalue weighted by atomic mass is 19.1. The average Bonchev–Trinajstić information content (AvgIpc) is 2.42. The van der Waals surface area contributed by atoms with Crippen molar-refractivity contribution >= 4 is 5.84 Å². The Hall–Kier alpha value is -1.66. The minimum absolute atomic E-state index is 0.0944. The first kappa shape index (κ1) is 17.4. The van der Waals surface area contributed by atoms with Gasteiger partial charge in [-0.15, -0.1) is 0 Å². The zero-order valence-corrected chi connectivity index (χ0v) is 12.8. The Labute approximate surface area is 125 Å². The molecule has 0 aliphatic carbocycles. The summed E-state index contributed by atoms with van der Waals surface area (Å²) in [4.78, 5) is 2.19. The van der Waals surface area contributed by atoms with Crippen molar-refractivity contribution in [2.75, 3.05) is 26.8 Å². The quantitative estimate of drug-likeness (QED) is 0.333. The Balaban J connectivity index is 2.89. The Kier molecular flexibility index (Phi) is 7.11. The lowest BCUT2D eigenvalue weighted by atomic mass is 10.1. The zero-order valence-electron chi connectivity index (χ0n) is 12.8. The number of hydrogen-bond acceptors (Lipinski definition) is 4. The summed E-state index contributed by atoms with van der Waals surface area (Å²) in [5.41, 5.74) is 6.69. The molecular weight excluding hydrogens is 273 g/mol. The van der Waals surface area contributed by atoms with Crippen molar-refractivity contribution in [3.63, 3.8) is 0 Å². The Morgan fingerprint density at radius 3 is 2.71 bits per heavy atom. The standard InChI is InChI=1S/C15H24FN3O2/c1-11(2)9-19(4-5-21-3)10-12-6-13(15(17)18-20)8-14(16)7-12/h6-8,11,20H,4-5,9-10H2,1-3H3,(H2,17,18). The number of amidine groups is 1. The lowest BCUT2D eigenvalue weighted by molar-refractivity contribution is 0.136. The van der Waals surface area contributed by atoms with E-state index < -0.39 is 5.82 Å². The molecule has 0 spiro atoms. The van der Waals surface area contributed by atoms with Crippen LogP contribution in [0.4, 0.5) is 4.39 Å². The van der Waals surface area contributed by atoms with Gasteiger partial charge in [-0.1, -0.05) is 19.0 Å². The molecule has 21 heavy (non-hydrogen) atoms. The number of hydrogen-bond donors (Lipinski definition) is 2. The fraction of sp³-hybridized carbons (Fsp3) is 0.533. The molecule has 0 bridgehead atoms. The molecule has 5 nitrogen and oxygen atoms in total. The molecule has 0 aliphatic heterocycles. The molecule has 6 heteroatoms. The predicted molar refractivity (Wildman–Crippen MR) is 80.9 cm³/mol.